The van der Waals surface area contributed by atoms with E-state index in [-0.39, 0.29) is 0 Å². The Hall–Kier alpha value is -2.32. The third kappa shape index (κ3) is 3.61. The van der Waals surface area contributed by atoms with Gasteiger partial charge in [0.25, 0.3) is 0 Å². The number of rotatable bonds is 4. The van der Waals surface area contributed by atoms with Gasteiger partial charge in [-0.1, -0.05) is 17.7 Å². The van der Waals surface area contributed by atoms with Crippen molar-refractivity contribution in [3.05, 3.63) is 51.1 Å². The lowest BCUT2D eigenvalue weighted by molar-refractivity contribution is 1.04. The molecule has 0 aliphatic heterocycles. The van der Waals surface area contributed by atoms with Gasteiger partial charge in [0.05, 0.1) is 5.69 Å². The van der Waals surface area contributed by atoms with E-state index in [0.29, 0.717) is 5.57 Å². The van der Waals surface area contributed by atoms with Gasteiger partial charge < -0.3 is 10.9 Å². The van der Waals surface area contributed by atoms with Gasteiger partial charge in [0, 0.05) is 17.3 Å². The van der Waals surface area contributed by atoms with E-state index in [9.17, 15) is 5.26 Å². The maximum absolute atomic E-state index is 9.21. The maximum Gasteiger partial charge on any atom is 0.135 e. The van der Waals surface area contributed by atoms with Crippen LogP contribution in [0.15, 0.2) is 23.7 Å². The minimum absolute atomic E-state index is 0.517. The first-order valence-corrected chi connectivity index (χ1v) is 7.51. The van der Waals surface area contributed by atoms with E-state index in [1.54, 1.807) is 6.20 Å². The Morgan fingerprint density at radius 1 is 1.24 bits per heavy atom. The molecule has 0 saturated carbocycles. The fourth-order valence-corrected chi connectivity index (χ4v) is 2.94. The summed E-state index contributed by atoms with van der Waals surface area (Å²) in [4.78, 5) is 4.31. The van der Waals surface area contributed by atoms with Crippen LogP contribution in [0.1, 0.15) is 27.4 Å². The molecule has 0 amide bonds. The molecule has 0 unspecified atom stereocenters. The first-order valence-electron chi connectivity index (χ1n) is 6.63. The molecule has 0 atom stereocenters. The summed E-state index contributed by atoms with van der Waals surface area (Å²) >= 11 is 1.47. The minimum atomic E-state index is 0.517. The van der Waals surface area contributed by atoms with Crippen LogP contribution < -0.4 is 10.9 Å². The zero-order valence-electron chi connectivity index (χ0n) is 12.6. The van der Waals surface area contributed by atoms with Crippen LogP contribution in [0.3, 0.4) is 0 Å². The lowest BCUT2D eigenvalue weighted by atomic mass is 10.1. The number of nitrogens with one attached hydrogen (secondary N) is 2. The fraction of sp³-hybridized carbons (Fsp3) is 0.250. The molecular weight excluding hydrogens is 280 g/mol. The van der Waals surface area contributed by atoms with E-state index in [1.807, 2.05) is 12.3 Å². The van der Waals surface area contributed by atoms with Crippen molar-refractivity contribution in [3.63, 3.8) is 0 Å². The van der Waals surface area contributed by atoms with Gasteiger partial charge in [0.15, 0.2) is 0 Å². The fourth-order valence-electron chi connectivity index (χ4n) is 2.18. The van der Waals surface area contributed by atoms with Crippen LogP contribution in [-0.2, 0) is 0 Å². The summed E-state index contributed by atoms with van der Waals surface area (Å²) in [7, 11) is 0. The maximum atomic E-state index is 9.21. The van der Waals surface area contributed by atoms with Crippen LogP contribution in [0, 0.1) is 39.0 Å². The molecule has 21 heavy (non-hydrogen) atoms. The standard InChI is InChI=1S/C16H18N4S/c1-10-5-11(2)15(12(3)6-10)20-18-8-14(7-17)16-19-13(4)9-21-16/h5-6,8-9,18,20H,1-4H3/b14-8+. The van der Waals surface area contributed by atoms with Gasteiger partial charge in [-0.2, -0.15) is 5.26 Å². The minimum Gasteiger partial charge on any atom is -0.307 e. The van der Waals surface area contributed by atoms with Gasteiger partial charge in [-0.25, -0.2) is 4.98 Å². The number of nitrogens with zero attached hydrogens (tertiary/aromatic N) is 2. The molecule has 0 aliphatic carbocycles. The number of hydrazine groups is 1. The lowest BCUT2D eigenvalue weighted by Crippen LogP contribution is -2.17. The summed E-state index contributed by atoms with van der Waals surface area (Å²) in [6.07, 6.45) is 1.65. The van der Waals surface area contributed by atoms with Crippen LogP contribution in [0.25, 0.3) is 5.57 Å². The molecule has 0 bridgehead atoms. The van der Waals surface area contributed by atoms with Crippen molar-refractivity contribution in [1.82, 2.24) is 10.4 Å². The predicted octanol–water partition coefficient (Wildman–Crippen LogP) is 3.86. The van der Waals surface area contributed by atoms with E-state index in [0.717, 1.165) is 27.5 Å². The second-order valence-corrected chi connectivity index (χ2v) is 5.87. The van der Waals surface area contributed by atoms with Crippen molar-refractivity contribution >= 4 is 22.6 Å². The molecule has 1 aromatic heterocycles. The van der Waals surface area contributed by atoms with Crippen LogP contribution in [0.5, 0.6) is 0 Å². The smallest absolute Gasteiger partial charge is 0.135 e. The monoisotopic (exact) mass is 298 g/mol. The molecule has 1 heterocycles. The van der Waals surface area contributed by atoms with E-state index in [1.165, 1.54) is 16.9 Å². The topological polar surface area (TPSA) is 60.7 Å². The molecule has 0 spiro atoms. The molecule has 0 radical (unpaired) electrons. The molecule has 2 N–H and O–H groups in total. The van der Waals surface area contributed by atoms with Crippen LogP contribution in [0.4, 0.5) is 5.69 Å². The van der Waals surface area contributed by atoms with E-state index in [2.05, 4.69) is 54.8 Å². The quantitative estimate of drug-likeness (QED) is 0.664. The second-order valence-electron chi connectivity index (χ2n) is 5.01. The van der Waals surface area contributed by atoms with Gasteiger partial charge >= 0.3 is 0 Å². The zero-order valence-corrected chi connectivity index (χ0v) is 13.4. The van der Waals surface area contributed by atoms with Gasteiger partial charge in [0.1, 0.15) is 16.6 Å². The van der Waals surface area contributed by atoms with Crippen molar-refractivity contribution in [2.45, 2.75) is 27.7 Å². The molecule has 108 valence electrons. The normalized spacial score (nSPS) is 11.1. The van der Waals surface area contributed by atoms with Crippen molar-refractivity contribution in [2.24, 2.45) is 0 Å². The van der Waals surface area contributed by atoms with E-state index < -0.39 is 0 Å². The highest BCUT2D eigenvalue weighted by Gasteiger charge is 2.06. The summed E-state index contributed by atoms with van der Waals surface area (Å²) in [6, 6.07) is 6.41. The van der Waals surface area contributed by atoms with Crippen LogP contribution in [0.2, 0.25) is 0 Å². The summed E-state index contributed by atoms with van der Waals surface area (Å²) < 4.78 is 0. The second kappa shape index (κ2) is 6.42. The Labute approximate surface area is 129 Å². The summed E-state index contributed by atoms with van der Waals surface area (Å²) in [5.41, 5.74) is 12.2. The van der Waals surface area contributed by atoms with Gasteiger partial charge in [-0.15, -0.1) is 11.3 Å². The number of hydrogen-bond donors (Lipinski definition) is 2. The number of aryl methyl sites for hydroxylation is 4. The Morgan fingerprint density at radius 3 is 2.43 bits per heavy atom. The third-order valence-electron chi connectivity index (χ3n) is 3.06. The SMILES string of the molecule is Cc1cc(C)c(NN/C=C(\C#N)c2nc(C)cs2)c(C)c1. The van der Waals surface area contributed by atoms with Crippen molar-refractivity contribution < 1.29 is 0 Å². The summed E-state index contributed by atoms with van der Waals surface area (Å²) in [5, 5.41) is 11.9. The largest absolute Gasteiger partial charge is 0.307 e. The molecule has 4 nitrogen and oxygen atoms in total. The first kappa shape index (κ1) is 15.1. The predicted molar refractivity (Wildman–Crippen MR) is 87.9 cm³/mol. The Bertz CT molecular complexity index is 699. The highest BCUT2D eigenvalue weighted by molar-refractivity contribution is 7.10. The van der Waals surface area contributed by atoms with Crippen molar-refractivity contribution in [3.8, 4) is 6.07 Å². The average molecular weight is 298 g/mol. The highest BCUT2D eigenvalue weighted by atomic mass is 32.1. The number of hydrogen-bond acceptors (Lipinski definition) is 5. The molecule has 0 saturated heterocycles. The molecule has 5 heteroatoms. The van der Waals surface area contributed by atoms with Gasteiger partial charge in [0.2, 0.25) is 0 Å². The first-order chi connectivity index (χ1) is 10.0. The number of benzene rings is 1. The number of thiazole rings is 1. The third-order valence-corrected chi connectivity index (χ3v) is 4.05. The average Bonchev–Trinajstić information content (AvgIpc) is 2.83. The van der Waals surface area contributed by atoms with Crippen molar-refractivity contribution in [1.29, 1.82) is 5.26 Å². The molecule has 0 aliphatic rings. The number of anilines is 1. The molecule has 1 aromatic carbocycles. The number of aromatic nitrogens is 1. The molecule has 0 fully saturated rings. The Kier molecular flexibility index (Phi) is 4.61. The van der Waals surface area contributed by atoms with Gasteiger partial charge in [-0.05, 0) is 38.8 Å². The molecular formula is C16H18N4S. The summed E-state index contributed by atoms with van der Waals surface area (Å²) in [5.74, 6) is 0. The number of allylic oxidation sites excluding steroid dienone is 1. The van der Waals surface area contributed by atoms with Crippen LogP contribution >= 0.6 is 11.3 Å². The lowest BCUT2D eigenvalue weighted by Gasteiger charge is -2.13. The number of nitriles is 1. The molecule has 2 rings (SSSR count). The van der Waals surface area contributed by atoms with E-state index >= 15 is 0 Å². The Balaban J connectivity index is 2.13. The summed E-state index contributed by atoms with van der Waals surface area (Å²) in [6.45, 7) is 8.11. The zero-order chi connectivity index (χ0) is 15.4. The Morgan fingerprint density at radius 2 is 1.90 bits per heavy atom. The molecule has 2 aromatic rings. The van der Waals surface area contributed by atoms with Gasteiger partial charge in [-0.3, -0.25) is 0 Å². The van der Waals surface area contributed by atoms with E-state index in [4.69, 9.17) is 0 Å². The van der Waals surface area contributed by atoms with Crippen LogP contribution in [-0.4, -0.2) is 4.98 Å². The highest BCUT2D eigenvalue weighted by Crippen LogP contribution is 2.21. The van der Waals surface area contributed by atoms with Crippen molar-refractivity contribution in [2.75, 3.05) is 5.43 Å².